The van der Waals surface area contributed by atoms with Gasteiger partial charge in [-0.2, -0.15) is 0 Å². The summed E-state index contributed by atoms with van der Waals surface area (Å²) in [5, 5.41) is 8.64. The number of aliphatic carboxylic acids is 1. The normalized spacial score (nSPS) is 15.4. The van der Waals surface area contributed by atoms with Crippen LogP contribution in [-0.2, 0) is 27.9 Å². The number of allylic oxidation sites excluding steroid dienone is 10. The van der Waals surface area contributed by atoms with Crippen LogP contribution in [0.15, 0.2) is 60.8 Å². The second kappa shape index (κ2) is 36.4. The van der Waals surface area contributed by atoms with Gasteiger partial charge in [-0.05, 0) is 57.8 Å². The Hall–Kier alpha value is -2.29. The van der Waals surface area contributed by atoms with Gasteiger partial charge >= 0.3 is 19.8 Å². The van der Waals surface area contributed by atoms with Crippen LogP contribution in [-0.4, -0.2) is 73.9 Å². The van der Waals surface area contributed by atoms with Crippen LogP contribution in [0.3, 0.4) is 0 Å². The molecule has 0 heterocycles. The summed E-state index contributed by atoms with van der Waals surface area (Å²) < 4.78 is 51.1. The van der Waals surface area contributed by atoms with E-state index in [0.29, 0.717) is 25.7 Å². The van der Waals surface area contributed by atoms with Crippen LogP contribution in [0.4, 0.5) is 0 Å². The molecule has 0 amide bonds. The van der Waals surface area contributed by atoms with Crippen molar-refractivity contribution in [1.82, 2.24) is 0 Å². The number of hydrogen-bond acceptors (Lipinski definition) is 6. The third-order valence-corrected chi connectivity index (χ3v) is 9.75. The Morgan fingerprint density at radius 2 is 1.15 bits per heavy atom. The summed E-state index contributed by atoms with van der Waals surface area (Å²) >= 11 is 0. The number of rotatable bonds is 38. The molecule has 0 spiro atoms. The van der Waals surface area contributed by atoms with Crippen molar-refractivity contribution in [2.45, 2.75) is 155 Å². The van der Waals surface area contributed by atoms with Crippen LogP contribution in [0.2, 0.25) is 0 Å². The molecule has 0 aromatic heterocycles. The van der Waals surface area contributed by atoms with E-state index in [2.05, 4.69) is 55.5 Å². The number of likely N-dealkylation sites (N-methyl/N-ethyl adjacent to an activating group) is 1. The van der Waals surface area contributed by atoms with Crippen molar-refractivity contribution in [2.24, 2.45) is 5.92 Å². The van der Waals surface area contributed by atoms with E-state index in [-0.39, 0.29) is 49.2 Å². The minimum atomic E-state index is -4.45. The molecule has 2 atom stereocenters. The van der Waals surface area contributed by atoms with E-state index in [1.807, 2.05) is 12.2 Å². The number of unbranched alkanes of at least 4 members (excludes halogenated alkanes) is 13. The fourth-order valence-electron chi connectivity index (χ4n) is 5.43. The van der Waals surface area contributed by atoms with Gasteiger partial charge in [0.15, 0.2) is 0 Å². The number of carbonyl (C=O) groups is 2. The van der Waals surface area contributed by atoms with Crippen molar-refractivity contribution in [3.63, 3.8) is 0 Å². The minimum absolute atomic E-state index is 0.00354. The number of quaternary nitrogens is 1. The van der Waals surface area contributed by atoms with E-state index in [9.17, 15) is 19.0 Å². The molecular formula is C44H79NO8P+. The first-order valence-electron chi connectivity index (χ1n) is 22.3. The zero-order valence-electron chi connectivity index (χ0n) is 37.2. The van der Waals surface area contributed by atoms with Gasteiger partial charge in [0, 0.05) is 18.8 Å². The lowest BCUT2D eigenvalue weighted by Crippen LogP contribution is -2.37. The van der Waals surface area contributed by atoms with Gasteiger partial charge in [-0.1, -0.05) is 145 Å². The van der Waals surface area contributed by atoms with Gasteiger partial charge in [-0.15, -0.1) is 0 Å². The lowest BCUT2D eigenvalue weighted by molar-refractivity contribution is -0.870. The van der Waals surface area contributed by atoms with Gasteiger partial charge in [0.1, 0.15) is 13.2 Å². The molecule has 10 heteroatoms. The van der Waals surface area contributed by atoms with E-state index >= 15 is 0 Å². The van der Waals surface area contributed by atoms with Crippen molar-refractivity contribution in [2.75, 3.05) is 47.4 Å². The van der Waals surface area contributed by atoms with Gasteiger partial charge in [-0.25, -0.2) is 4.57 Å². The van der Waals surface area contributed by atoms with Crippen molar-refractivity contribution in [1.29, 1.82) is 0 Å². The lowest BCUT2D eigenvalue weighted by atomic mass is 10.0. The molecule has 2 N–H and O–H groups in total. The summed E-state index contributed by atoms with van der Waals surface area (Å²) in [6.07, 6.45) is 43.4. The predicted octanol–water partition coefficient (Wildman–Crippen LogP) is 11.8. The number of phosphoric ester groups is 1. The molecule has 0 aliphatic rings. The Kier molecular flexibility index (Phi) is 31.0. The maximum absolute atomic E-state index is 12.6. The summed E-state index contributed by atoms with van der Waals surface area (Å²) in [6.45, 7) is -0.388. The third-order valence-electron chi connectivity index (χ3n) is 8.77. The van der Waals surface area contributed by atoms with Crippen LogP contribution in [0.5, 0.6) is 0 Å². The van der Waals surface area contributed by atoms with Gasteiger partial charge in [0.2, 0.25) is 0 Å². The first-order chi connectivity index (χ1) is 27.2. The average molecular weight is 784 g/mol. The molecule has 0 saturated carbocycles. The molecular weight excluding hydrogens is 701 g/mol. The molecule has 9 nitrogen and oxygen atoms in total. The number of nitrogens with zero attached hydrogens (tertiary/aromatic N) is 1. The fraction of sp³-hybridized carbons (Fsp3) is 0.727. The number of hydrogen-bond donors (Lipinski definition) is 2. The smallest absolute Gasteiger partial charge is 0.472 e. The maximum atomic E-state index is 12.6. The number of phosphoric acid groups is 1. The van der Waals surface area contributed by atoms with E-state index < -0.39 is 20.8 Å². The standard InChI is InChI=1S/C44H78NO8P/c1-5-6-7-8-9-10-11-17-22-25-28-31-34-37-44(48)51-40-42(41-53-54(49,50)52-39-38-45(2,3)4)35-32-29-26-23-20-18-15-13-12-14-16-19-21-24-27-30-33-36-43(46)47/h12-13,16,18-20,24,26-27,29,42H,5-11,14-15,17,21-23,25,28,30-41H2,1-4H3,(H-,46,47,49,50)/p+1/b13-12-,19-16-,20-18-,27-24-,29-26-/i2D3. The topological polar surface area (TPSA) is 119 Å². The van der Waals surface area contributed by atoms with Crippen molar-refractivity contribution < 1.29 is 46.5 Å². The summed E-state index contributed by atoms with van der Waals surface area (Å²) in [4.78, 5) is 33.3. The third kappa shape index (κ3) is 40.9. The molecule has 0 aromatic rings. The van der Waals surface area contributed by atoms with Crippen molar-refractivity contribution >= 4 is 19.8 Å². The fourth-order valence-corrected chi connectivity index (χ4v) is 6.22. The Morgan fingerprint density at radius 3 is 1.65 bits per heavy atom. The Bertz CT molecular complexity index is 1220. The van der Waals surface area contributed by atoms with E-state index in [1.54, 1.807) is 0 Å². The van der Waals surface area contributed by atoms with E-state index in [0.717, 1.165) is 51.4 Å². The number of carbonyl (C=O) groups excluding carboxylic acids is 1. The Balaban J connectivity index is 4.60. The zero-order chi connectivity index (χ0) is 42.5. The summed E-state index contributed by atoms with van der Waals surface area (Å²) in [5.74, 6) is -1.35. The van der Waals surface area contributed by atoms with E-state index in [4.69, 9.17) is 23.0 Å². The molecule has 2 unspecified atom stereocenters. The highest BCUT2D eigenvalue weighted by Crippen LogP contribution is 2.43. The first-order valence-corrected chi connectivity index (χ1v) is 22.3. The summed E-state index contributed by atoms with van der Waals surface area (Å²) in [7, 11) is -1.44. The first kappa shape index (κ1) is 46.1. The highest BCUT2D eigenvalue weighted by atomic mass is 31.2. The van der Waals surface area contributed by atoms with Crippen LogP contribution in [0, 0.1) is 5.92 Å². The average Bonchev–Trinajstić information content (AvgIpc) is 3.14. The highest BCUT2D eigenvalue weighted by molar-refractivity contribution is 7.47. The van der Waals surface area contributed by atoms with E-state index in [1.165, 1.54) is 78.3 Å². The van der Waals surface area contributed by atoms with Crippen LogP contribution in [0.25, 0.3) is 0 Å². The summed E-state index contributed by atoms with van der Waals surface area (Å²) in [5.41, 5.74) is 0. The Morgan fingerprint density at radius 1 is 0.667 bits per heavy atom. The highest BCUT2D eigenvalue weighted by Gasteiger charge is 2.25. The molecule has 0 rings (SSSR count). The van der Waals surface area contributed by atoms with Crippen molar-refractivity contribution in [3.05, 3.63) is 60.8 Å². The molecule has 0 fully saturated rings. The lowest BCUT2D eigenvalue weighted by Gasteiger charge is -2.24. The molecule has 0 aromatic carbocycles. The number of carboxylic acids is 1. The second-order valence-corrected chi connectivity index (χ2v) is 16.2. The predicted molar refractivity (Wildman–Crippen MR) is 224 cm³/mol. The number of ether oxygens (including phenoxy) is 1. The molecule has 0 aliphatic carbocycles. The molecule has 0 bridgehead atoms. The van der Waals surface area contributed by atoms with Crippen LogP contribution in [0.1, 0.15) is 159 Å². The summed E-state index contributed by atoms with van der Waals surface area (Å²) in [6, 6.07) is 0. The minimum Gasteiger partial charge on any atom is -0.481 e. The SMILES string of the molecule is [2H]C([2H])([2H])[N+](C)(C)CCOP(=O)(O)OCC(CC/C=C\C/C=C\C/C=C\C/C=C\C/C=C\CCCC(=O)O)COC(=O)CCCCCCCCCCCCCCC. The Labute approximate surface area is 334 Å². The van der Waals surface area contributed by atoms with Gasteiger partial charge in [0.25, 0.3) is 0 Å². The molecule has 0 saturated heterocycles. The quantitative estimate of drug-likeness (QED) is 0.0209. The maximum Gasteiger partial charge on any atom is 0.472 e. The van der Waals surface area contributed by atoms with Crippen molar-refractivity contribution in [3.8, 4) is 0 Å². The van der Waals surface area contributed by atoms with Crippen LogP contribution < -0.4 is 0 Å². The number of esters is 1. The molecule has 0 radical (unpaired) electrons. The van der Waals surface area contributed by atoms with Gasteiger partial charge in [0.05, 0.1) is 38.4 Å². The molecule has 312 valence electrons. The molecule has 54 heavy (non-hydrogen) atoms. The monoisotopic (exact) mass is 784 g/mol. The molecule has 0 aliphatic heterocycles. The largest absolute Gasteiger partial charge is 0.481 e. The van der Waals surface area contributed by atoms with Gasteiger partial charge in [-0.3, -0.25) is 18.6 Å². The van der Waals surface area contributed by atoms with Crippen LogP contribution >= 0.6 is 7.82 Å². The number of carboxylic acid groups (broad SMARTS) is 1. The zero-order valence-corrected chi connectivity index (χ0v) is 35.1. The van der Waals surface area contributed by atoms with Gasteiger partial charge < -0.3 is 19.2 Å². The second-order valence-electron chi connectivity index (χ2n) is 14.7.